The van der Waals surface area contributed by atoms with E-state index in [0.29, 0.717) is 33.6 Å². The predicted octanol–water partition coefficient (Wildman–Crippen LogP) is 5.33. The lowest BCUT2D eigenvalue weighted by Crippen LogP contribution is -2.25. The maximum absolute atomic E-state index is 13.1. The Hall–Kier alpha value is -3.90. The van der Waals surface area contributed by atoms with Gasteiger partial charge in [0.1, 0.15) is 5.84 Å². The second kappa shape index (κ2) is 12.1. The number of nitrogens with zero attached hydrogens (tertiary/aromatic N) is 3. The van der Waals surface area contributed by atoms with Crippen molar-refractivity contribution in [3.8, 4) is 0 Å². The van der Waals surface area contributed by atoms with Crippen LogP contribution in [0, 0.1) is 0 Å². The van der Waals surface area contributed by atoms with Gasteiger partial charge < -0.3 is 20.2 Å². The molecule has 2 amide bonds. The van der Waals surface area contributed by atoms with Crippen LogP contribution in [0.1, 0.15) is 36.7 Å². The van der Waals surface area contributed by atoms with Gasteiger partial charge in [-0.25, -0.2) is 4.79 Å². The third-order valence-electron chi connectivity index (χ3n) is 6.23. The summed E-state index contributed by atoms with van der Waals surface area (Å²) in [5.74, 6) is -1.90. The molecule has 2 aliphatic heterocycles. The molecule has 0 radical (unpaired) electrons. The van der Waals surface area contributed by atoms with E-state index in [1.165, 1.54) is 16.9 Å². The van der Waals surface area contributed by atoms with E-state index in [9.17, 15) is 22.8 Å². The fourth-order valence-electron chi connectivity index (χ4n) is 4.27. The van der Waals surface area contributed by atoms with Crippen LogP contribution in [-0.2, 0) is 24.3 Å². The fourth-order valence-corrected chi connectivity index (χ4v) is 5.20. The molecule has 0 saturated heterocycles. The number of thiophene rings is 1. The van der Waals surface area contributed by atoms with Crippen molar-refractivity contribution < 1.29 is 32.7 Å². The molecule has 3 heterocycles. The summed E-state index contributed by atoms with van der Waals surface area (Å²) in [6.45, 7) is 2.78. The van der Waals surface area contributed by atoms with Crippen LogP contribution in [0.4, 0.5) is 18.9 Å². The summed E-state index contributed by atoms with van der Waals surface area (Å²) in [5.41, 5.74) is 4.40. The zero-order valence-electron chi connectivity index (χ0n) is 21.2. The Balaban J connectivity index is 0.000000470. The Kier molecular flexibility index (Phi) is 8.79. The Morgan fingerprint density at radius 3 is 2.45 bits per heavy atom. The molecule has 210 valence electrons. The third kappa shape index (κ3) is 6.99. The molecule has 0 atom stereocenters. The first-order valence-corrected chi connectivity index (χ1v) is 13.2. The number of fused-ring (bicyclic) bond motifs is 1. The number of aliphatic carboxylic acids is 1. The summed E-state index contributed by atoms with van der Waals surface area (Å²) < 4.78 is 32.3. The largest absolute Gasteiger partial charge is 0.490 e. The van der Waals surface area contributed by atoms with Gasteiger partial charge in [-0.05, 0) is 35.4 Å². The first-order chi connectivity index (χ1) is 18.9. The molecule has 0 fully saturated rings. The van der Waals surface area contributed by atoms with Crippen molar-refractivity contribution in [3.63, 3.8) is 0 Å². The minimum Gasteiger partial charge on any atom is -0.475 e. The van der Waals surface area contributed by atoms with Crippen LogP contribution < -0.4 is 5.32 Å². The van der Waals surface area contributed by atoms with Crippen molar-refractivity contribution in [1.29, 1.82) is 0 Å². The minimum atomic E-state index is -5.08. The predicted molar refractivity (Wildman–Crippen MR) is 146 cm³/mol. The molecular weight excluding hydrogens is 569 g/mol. The number of halogens is 4. The van der Waals surface area contributed by atoms with E-state index in [0.717, 1.165) is 36.5 Å². The molecule has 40 heavy (non-hydrogen) atoms. The first kappa shape index (κ1) is 29.1. The number of carboxylic acid groups (broad SMARTS) is 1. The topological polar surface area (TPSA) is 102 Å². The number of aliphatic imine (C=N–C) groups is 1. The zero-order valence-corrected chi connectivity index (χ0v) is 22.7. The molecule has 5 rings (SSSR count). The molecule has 3 aromatic rings. The van der Waals surface area contributed by atoms with Crippen molar-refractivity contribution >= 4 is 52.2 Å². The maximum Gasteiger partial charge on any atom is 0.490 e. The molecule has 0 spiro atoms. The number of likely N-dealkylation sites (N-methyl/N-ethyl adjacent to an activating group) is 1. The van der Waals surface area contributed by atoms with Gasteiger partial charge in [-0.2, -0.15) is 13.2 Å². The molecule has 8 nitrogen and oxygen atoms in total. The summed E-state index contributed by atoms with van der Waals surface area (Å²) >= 11 is 7.19. The van der Waals surface area contributed by atoms with Gasteiger partial charge in [0.15, 0.2) is 0 Å². The number of carbonyl (C=O) groups is 3. The van der Waals surface area contributed by atoms with Gasteiger partial charge in [-0.3, -0.25) is 14.6 Å². The Morgan fingerprint density at radius 2 is 1.82 bits per heavy atom. The SMILES string of the molecule is CN1CCN=C1Cc1cccc(CN2Cc3c(NC(=O)c4ccc(Cl)s4)cccc3C2=O)c1.O=C(O)C(F)(F)F. The van der Waals surface area contributed by atoms with Crippen LogP contribution in [0.2, 0.25) is 4.34 Å². The molecule has 0 unspecified atom stereocenters. The maximum atomic E-state index is 13.1. The lowest BCUT2D eigenvalue weighted by atomic mass is 10.1. The van der Waals surface area contributed by atoms with Crippen LogP contribution in [0.3, 0.4) is 0 Å². The third-order valence-corrected chi connectivity index (χ3v) is 7.46. The summed E-state index contributed by atoms with van der Waals surface area (Å²) in [6, 6.07) is 17.2. The van der Waals surface area contributed by atoms with E-state index in [-0.39, 0.29) is 11.8 Å². The number of alkyl halides is 3. The Morgan fingerprint density at radius 1 is 1.12 bits per heavy atom. The molecule has 2 N–H and O–H groups in total. The highest BCUT2D eigenvalue weighted by molar-refractivity contribution is 7.18. The molecule has 0 bridgehead atoms. The van der Waals surface area contributed by atoms with Crippen LogP contribution in [-0.4, -0.2) is 64.8 Å². The fraction of sp³-hybridized carbons (Fsp3) is 0.259. The quantitative estimate of drug-likeness (QED) is 0.403. The molecule has 1 aromatic heterocycles. The number of rotatable bonds is 6. The van der Waals surface area contributed by atoms with Crippen LogP contribution >= 0.6 is 22.9 Å². The van der Waals surface area contributed by atoms with Gasteiger partial charge in [0.2, 0.25) is 0 Å². The van der Waals surface area contributed by atoms with Crippen molar-refractivity contribution in [2.24, 2.45) is 4.99 Å². The smallest absolute Gasteiger partial charge is 0.475 e. The van der Waals surface area contributed by atoms with Gasteiger partial charge in [0, 0.05) is 49.9 Å². The van der Waals surface area contributed by atoms with E-state index < -0.39 is 12.1 Å². The van der Waals surface area contributed by atoms with Crippen molar-refractivity contribution in [2.45, 2.75) is 25.7 Å². The zero-order chi connectivity index (χ0) is 29.0. The second-order valence-electron chi connectivity index (χ2n) is 9.07. The number of carbonyl (C=O) groups excluding carboxylic acids is 2. The summed E-state index contributed by atoms with van der Waals surface area (Å²) in [4.78, 5) is 43.7. The molecule has 2 aromatic carbocycles. The van der Waals surface area contributed by atoms with Crippen molar-refractivity contribution in [1.82, 2.24) is 9.80 Å². The van der Waals surface area contributed by atoms with E-state index in [1.807, 2.05) is 29.2 Å². The number of hydrogen-bond acceptors (Lipinski definition) is 6. The molecule has 0 aliphatic carbocycles. The Bertz CT molecular complexity index is 1470. The van der Waals surface area contributed by atoms with Gasteiger partial charge in [-0.15, -0.1) is 11.3 Å². The van der Waals surface area contributed by atoms with E-state index >= 15 is 0 Å². The second-order valence-corrected chi connectivity index (χ2v) is 10.8. The highest BCUT2D eigenvalue weighted by Crippen LogP contribution is 2.31. The van der Waals surface area contributed by atoms with Crippen LogP contribution in [0.5, 0.6) is 0 Å². The average Bonchev–Trinajstić information content (AvgIpc) is 3.59. The molecule has 2 aliphatic rings. The van der Waals surface area contributed by atoms with Crippen LogP contribution in [0.15, 0.2) is 59.6 Å². The lowest BCUT2D eigenvalue weighted by molar-refractivity contribution is -0.192. The van der Waals surface area contributed by atoms with Crippen molar-refractivity contribution in [3.05, 3.63) is 86.1 Å². The lowest BCUT2D eigenvalue weighted by Gasteiger charge is -2.17. The monoisotopic (exact) mass is 592 g/mol. The average molecular weight is 593 g/mol. The normalized spacial score (nSPS) is 14.4. The summed E-state index contributed by atoms with van der Waals surface area (Å²) in [7, 11) is 2.07. The van der Waals surface area contributed by atoms with Gasteiger partial charge in [0.05, 0.1) is 15.8 Å². The van der Waals surface area contributed by atoms with E-state index in [1.54, 1.807) is 18.2 Å². The number of hydrogen-bond donors (Lipinski definition) is 2. The van der Waals surface area contributed by atoms with Gasteiger partial charge >= 0.3 is 12.1 Å². The minimum absolute atomic E-state index is 0.0226. The number of amidine groups is 1. The molecular formula is C27H24ClF3N4O4S. The van der Waals surface area contributed by atoms with Gasteiger partial charge in [-0.1, -0.05) is 41.9 Å². The highest BCUT2D eigenvalue weighted by Gasteiger charge is 2.38. The molecule has 0 saturated carbocycles. The number of amides is 2. The first-order valence-electron chi connectivity index (χ1n) is 12.0. The van der Waals surface area contributed by atoms with E-state index in [4.69, 9.17) is 21.5 Å². The number of nitrogens with one attached hydrogen (secondary N) is 1. The standard InChI is InChI=1S/C25H23ClN4O2S.C2HF3O2/c1-29-11-10-27-23(29)13-16-4-2-5-17(12-16)14-30-15-19-18(25(30)32)6-3-7-20(19)28-24(31)21-8-9-22(26)33-21;3-2(4,5)1(6)7/h2-9,12H,10-11,13-15H2,1H3,(H,28,31);(H,6,7). The number of benzene rings is 2. The Labute approximate surface area is 236 Å². The van der Waals surface area contributed by atoms with E-state index in [2.05, 4.69) is 34.4 Å². The summed E-state index contributed by atoms with van der Waals surface area (Å²) in [5, 5.41) is 10.1. The van der Waals surface area contributed by atoms with Crippen molar-refractivity contribution in [2.75, 3.05) is 25.5 Å². The number of anilines is 1. The van der Waals surface area contributed by atoms with Gasteiger partial charge in [0.25, 0.3) is 11.8 Å². The summed E-state index contributed by atoms with van der Waals surface area (Å²) in [6.07, 6.45) is -4.29. The molecule has 13 heteroatoms. The number of carboxylic acids is 1. The highest BCUT2D eigenvalue weighted by atomic mass is 35.5. The van der Waals surface area contributed by atoms with Crippen LogP contribution in [0.25, 0.3) is 0 Å².